The van der Waals surface area contributed by atoms with E-state index in [-0.39, 0.29) is 5.91 Å². The number of hydrogen-bond acceptors (Lipinski definition) is 3. The average molecular weight is 360 g/mol. The van der Waals surface area contributed by atoms with Crippen molar-refractivity contribution in [2.24, 2.45) is 0 Å². The van der Waals surface area contributed by atoms with E-state index in [1.165, 1.54) is 11.1 Å². The molecule has 1 aromatic heterocycles. The first kappa shape index (κ1) is 18.6. The first-order valence-electron chi connectivity index (χ1n) is 9.19. The molecule has 0 unspecified atom stereocenters. The first-order chi connectivity index (χ1) is 13.2. The van der Waals surface area contributed by atoms with E-state index in [1.54, 1.807) is 19.3 Å². The molecule has 0 radical (unpaired) electrons. The van der Waals surface area contributed by atoms with Gasteiger partial charge in [0.15, 0.2) is 6.10 Å². The molecule has 0 saturated carbocycles. The highest BCUT2D eigenvalue weighted by Gasteiger charge is 2.16. The summed E-state index contributed by atoms with van der Waals surface area (Å²) < 4.78 is 5.86. The molecule has 1 heterocycles. The van der Waals surface area contributed by atoms with Crippen LogP contribution >= 0.6 is 0 Å². The maximum Gasteiger partial charge on any atom is 0.265 e. The number of nitrogens with zero attached hydrogens (tertiary/aromatic N) is 1. The molecule has 2 aromatic carbocycles. The topological polar surface area (TPSA) is 51.2 Å². The number of amides is 1. The van der Waals surface area contributed by atoms with Crippen LogP contribution in [-0.4, -0.2) is 17.0 Å². The minimum atomic E-state index is -0.575. The van der Waals surface area contributed by atoms with Gasteiger partial charge in [0, 0.05) is 18.1 Å². The monoisotopic (exact) mass is 360 g/mol. The second-order valence-corrected chi connectivity index (χ2v) is 6.44. The van der Waals surface area contributed by atoms with Gasteiger partial charge in [-0.15, -0.1) is 0 Å². The van der Waals surface area contributed by atoms with Crippen molar-refractivity contribution in [3.8, 4) is 5.75 Å². The van der Waals surface area contributed by atoms with Crippen LogP contribution in [0.1, 0.15) is 30.5 Å². The third-order valence-corrected chi connectivity index (χ3v) is 4.41. The number of hydrogen-bond donors (Lipinski definition) is 1. The quantitative estimate of drug-likeness (QED) is 0.668. The molecular formula is C23H24N2O2. The number of nitrogens with one attached hydrogen (secondary N) is 1. The number of anilines is 1. The smallest absolute Gasteiger partial charge is 0.265 e. The minimum absolute atomic E-state index is 0.164. The van der Waals surface area contributed by atoms with Crippen LogP contribution in [0.25, 0.3) is 0 Å². The Morgan fingerprint density at radius 3 is 2.37 bits per heavy atom. The normalized spacial score (nSPS) is 11.6. The van der Waals surface area contributed by atoms with Crippen molar-refractivity contribution in [1.82, 2.24) is 4.98 Å². The molecule has 27 heavy (non-hydrogen) atoms. The van der Waals surface area contributed by atoms with Gasteiger partial charge in [0.05, 0.1) is 0 Å². The molecule has 0 aliphatic carbocycles. The van der Waals surface area contributed by atoms with Crippen molar-refractivity contribution in [1.29, 1.82) is 0 Å². The van der Waals surface area contributed by atoms with Crippen LogP contribution in [0.2, 0.25) is 0 Å². The lowest BCUT2D eigenvalue weighted by Gasteiger charge is -2.17. The fourth-order valence-electron chi connectivity index (χ4n) is 2.84. The predicted molar refractivity (Wildman–Crippen MR) is 108 cm³/mol. The summed E-state index contributed by atoms with van der Waals surface area (Å²) in [5.74, 6) is 0.595. The summed E-state index contributed by atoms with van der Waals surface area (Å²) in [7, 11) is 0. The molecule has 4 nitrogen and oxygen atoms in total. The Morgan fingerprint density at radius 2 is 1.67 bits per heavy atom. The third-order valence-electron chi connectivity index (χ3n) is 4.41. The fourth-order valence-corrected chi connectivity index (χ4v) is 2.84. The molecule has 1 atom stereocenters. The van der Waals surface area contributed by atoms with E-state index in [9.17, 15) is 4.79 Å². The number of aryl methyl sites for hydroxylation is 1. The number of benzene rings is 2. The van der Waals surface area contributed by atoms with Crippen LogP contribution in [0.4, 0.5) is 5.69 Å². The maximum absolute atomic E-state index is 12.4. The Balaban J connectivity index is 1.58. The Morgan fingerprint density at radius 1 is 1.00 bits per heavy atom. The van der Waals surface area contributed by atoms with E-state index in [4.69, 9.17) is 4.74 Å². The van der Waals surface area contributed by atoms with Crippen LogP contribution in [0.3, 0.4) is 0 Å². The zero-order valence-electron chi connectivity index (χ0n) is 15.7. The summed E-state index contributed by atoms with van der Waals surface area (Å²) in [6.07, 6.45) is 4.71. The molecule has 0 fully saturated rings. The number of pyridine rings is 1. The number of rotatable bonds is 7. The molecular weight excluding hydrogens is 336 g/mol. The van der Waals surface area contributed by atoms with E-state index in [0.29, 0.717) is 0 Å². The molecule has 0 aliphatic heterocycles. The summed E-state index contributed by atoms with van der Waals surface area (Å²) in [6, 6.07) is 19.7. The van der Waals surface area contributed by atoms with E-state index >= 15 is 0 Å². The second kappa shape index (κ2) is 8.99. The Labute approximate surface area is 160 Å². The summed E-state index contributed by atoms with van der Waals surface area (Å²) in [5.41, 5.74) is 4.24. The molecule has 0 aliphatic rings. The lowest BCUT2D eigenvalue weighted by atomic mass is 10.1. The van der Waals surface area contributed by atoms with Gasteiger partial charge in [-0.2, -0.15) is 0 Å². The molecule has 1 amide bonds. The zero-order valence-corrected chi connectivity index (χ0v) is 15.7. The predicted octanol–water partition coefficient (Wildman–Crippen LogP) is 4.64. The molecule has 0 saturated heterocycles. The van der Waals surface area contributed by atoms with Gasteiger partial charge in [-0.25, -0.2) is 0 Å². The zero-order chi connectivity index (χ0) is 19.1. The average Bonchev–Trinajstić information content (AvgIpc) is 2.70. The summed E-state index contributed by atoms with van der Waals surface area (Å²) in [5, 5.41) is 2.92. The highest BCUT2D eigenvalue weighted by Crippen LogP contribution is 2.20. The van der Waals surface area contributed by atoms with Gasteiger partial charge < -0.3 is 10.1 Å². The Hall–Kier alpha value is -3.14. The molecule has 138 valence electrons. The molecule has 3 rings (SSSR count). The lowest BCUT2D eigenvalue weighted by molar-refractivity contribution is -0.122. The van der Waals surface area contributed by atoms with E-state index in [2.05, 4.69) is 17.2 Å². The van der Waals surface area contributed by atoms with Crippen molar-refractivity contribution in [2.45, 2.75) is 32.8 Å². The van der Waals surface area contributed by atoms with Crippen LogP contribution in [0.15, 0.2) is 73.1 Å². The Bertz CT molecular complexity index is 876. The largest absolute Gasteiger partial charge is 0.481 e. The van der Waals surface area contributed by atoms with Gasteiger partial charge in [0.1, 0.15) is 5.75 Å². The van der Waals surface area contributed by atoms with Crippen molar-refractivity contribution in [3.05, 3.63) is 89.7 Å². The molecule has 3 aromatic rings. The maximum atomic E-state index is 12.4. The lowest BCUT2D eigenvalue weighted by Crippen LogP contribution is -2.30. The molecule has 1 N–H and O–H groups in total. The van der Waals surface area contributed by atoms with E-state index in [0.717, 1.165) is 29.8 Å². The van der Waals surface area contributed by atoms with Crippen LogP contribution < -0.4 is 10.1 Å². The number of para-hydroxylation sites is 1. The summed E-state index contributed by atoms with van der Waals surface area (Å²) in [6.45, 7) is 3.83. The van der Waals surface area contributed by atoms with Gasteiger partial charge in [-0.3, -0.25) is 9.78 Å². The van der Waals surface area contributed by atoms with Gasteiger partial charge >= 0.3 is 0 Å². The van der Waals surface area contributed by atoms with Crippen molar-refractivity contribution < 1.29 is 9.53 Å². The van der Waals surface area contributed by atoms with Crippen molar-refractivity contribution in [3.63, 3.8) is 0 Å². The standard InChI is InChI=1S/C23H24N2O2/c1-3-20-6-4-5-7-22(20)27-17(2)23(26)25-21-10-8-18(9-11-21)16-19-12-14-24-15-13-19/h4-15,17H,3,16H2,1-2H3,(H,25,26)/t17-/m0/s1. The second-order valence-electron chi connectivity index (χ2n) is 6.44. The molecule has 4 heteroatoms. The van der Waals surface area contributed by atoms with Gasteiger partial charge in [0.2, 0.25) is 0 Å². The van der Waals surface area contributed by atoms with E-state index in [1.807, 2.05) is 60.7 Å². The van der Waals surface area contributed by atoms with Gasteiger partial charge in [-0.05, 0) is 66.8 Å². The summed E-state index contributed by atoms with van der Waals surface area (Å²) in [4.78, 5) is 16.5. The first-order valence-corrected chi connectivity index (χ1v) is 9.19. The van der Waals surface area contributed by atoms with Crippen LogP contribution in [0, 0.1) is 0 Å². The number of carbonyl (C=O) groups excluding carboxylic acids is 1. The summed E-state index contributed by atoms with van der Waals surface area (Å²) >= 11 is 0. The number of ether oxygens (including phenoxy) is 1. The molecule has 0 bridgehead atoms. The van der Waals surface area contributed by atoms with E-state index < -0.39 is 6.10 Å². The fraction of sp³-hybridized carbons (Fsp3) is 0.217. The third kappa shape index (κ3) is 5.17. The Kier molecular flexibility index (Phi) is 6.21. The van der Waals surface area contributed by atoms with Crippen LogP contribution in [-0.2, 0) is 17.6 Å². The van der Waals surface area contributed by atoms with Crippen molar-refractivity contribution in [2.75, 3.05) is 5.32 Å². The number of aromatic nitrogens is 1. The van der Waals surface area contributed by atoms with Gasteiger partial charge in [0.25, 0.3) is 5.91 Å². The number of carbonyl (C=O) groups is 1. The highest BCUT2D eigenvalue weighted by atomic mass is 16.5. The highest BCUT2D eigenvalue weighted by molar-refractivity contribution is 5.94. The van der Waals surface area contributed by atoms with Crippen LogP contribution in [0.5, 0.6) is 5.75 Å². The van der Waals surface area contributed by atoms with Crippen molar-refractivity contribution >= 4 is 11.6 Å². The SMILES string of the molecule is CCc1ccccc1O[C@@H](C)C(=O)Nc1ccc(Cc2ccncc2)cc1. The van der Waals surface area contributed by atoms with Gasteiger partial charge in [-0.1, -0.05) is 37.3 Å². The minimum Gasteiger partial charge on any atom is -0.481 e. The molecule has 0 spiro atoms.